The van der Waals surface area contributed by atoms with Gasteiger partial charge in [-0.05, 0) is 55.9 Å². The first kappa shape index (κ1) is 19.5. The highest BCUT2D eigenvalue weighted by Gasteiger charge is 2.29. The molecule has 1 fully saturated rings. The van der Waals surface area contributed by atoms with Crippen LogP contribution in [0.5, 0.6) is 0 Å². The Morgan fingerprint density at radius 1 is 1.00 bits per heavy atom. The van der Waals surface area contributed by atoms with E-state index in [0.29, 0.717) is 11.5 Å². The van der Waals surface area contributed by atoms with Gasteiger partial charge in [-0.2, -0.15) is 0 Å². The minimum atomic E-state index is -0.993. The van der Waals surface area contributed by atoms with Gasteiger partial charge in [-0.15, -0.1) is 0 Å². The molecule has 2 aliphatic rings. The van der Waals surface area contributed by atoms with Crippen molar-refractivity contribution >= 4 is 0 Å². The maximum absolute atomic E-state index is 14.5. The van der Waals surface area contributed by atoms with E-state index in [0.717, 1.165) is 24.7 Å². The van der Waals surface area contributed by atoms with Gasteiger partial charge in [-0.3, -0.25) is 0 Å². The lowest BCUT2D eigenvalue weighted by atomic mass is 9.70. The third kappa shape index (κ3) is 4.19. The highest BCUT2D eigenvalue weighted by molar-refractivity contribution is 5.33. The molecular weight excluding hydrogens is 330 g/mol. The molecule has 3 rings (SSSR count). The van der Waals surface area contributed by atoms with Crippen LogP contribution in [0, 0.1) is 29.4 Å². The molecule has 144 valence electrons. The third-order valence-corrected chi connectivity index (χ3v) is 6.59. The van der Waals surface area contributed by atoms with Gasteiger partial charge in [0.2, 0.25) is 0 Å². The Morgan fingerprint density at radius 2 is 1.73 bits per heavy atom. The molecule has 1 aromatic rings. The second-order valence-corrected chi connectivity index (χ2v) is 8.35. The molecule has 0 aliphatic heterocycles. The number of halogens is 2. The zero-order chi connectivity index (χ0) is 18.7. The summed E-state index contributed by atoms with van der Waals surface area (Å²) in [5.41, 5.74) is 0.459. The molecule has 1 N–H and O–H groups in total. The van der Waals surface area contributed by atoms with Gasteiger partial charge in [-0.1, -0.05) is 56.9 Å². The van der Waals surface area contributed by atoms with Crippen molar-refractivity contribution in [1.29, 1.82) is 0 Å². The maximum Gasteiger partial charge on any atom is 0.164 e. The molecule has 3 heteroatoms. The van der Waals surface area contributed by atoms with Crippen molar-refractivity contribution in [3.63, 3.8) is 0 Å². The lowest BCUT2D eigenvalue weighted by molar-refractivity contribution is 0.192. The molecule has 0 aromatic heterocycles. The Labute approximate surface area is 156 Å². The van der Waals surface area contributed by atoms with Gasteiger partial charge >= 0.3 is 0 Å². The van der Waals surface area contributed by atoms with Crippen LogP contribution in [0.25, 0.3) is 0 Å². The van der Waals surface area contributed by atoms with E-state index in [9.17, 15) is 13.9 Å². The fraction of sp³-hybridized carbons (Fsp3) is 0.652. The van der Waals surface area contributed by atoms with Gasteiger partial charge in [0.15, 0.2) is 11.6 Å². The van der Waals surface area contributed by atoms with Crippen LogP contribution in [0.15, 0.2) is 24.3 Å². The summed E-state index contributed by atoms with van der Waals surface area (Å²) in [6.07, 6.45) is 13.3. The quantitative estimate of drug-likeness (QED) is 0.580. The van der Waals surface area contributed by atoms with Crippen LogP contribution >= 0.6 is 0 Å². The summed E-state index contributed by atoms with van der Waals surface area (Å²) in [6.45, 7) is 3.73. The Hall–Kier alpha value is -1.22. The Kier molecular flexibility index (Phi) is 6.50. The molecule has 1 nitrogen and oxygen atoms in total. The van der Waals surface area contributed by atoms with E-state index in [1.54, 1.807) is 6.07 Å². The fourth-order valence-corrected chi connectivity index (χ4v) is 4.99. The summed E-state index contributed by atoms with van der Waals surface area (Å²) in [6, 6.07) is 3.17. The van der Waals surface area contributed by atoms with Crippen molar-refractivity contribution in [2.45, 2.75) is 77.2 Å². The minimum absolute atomic E-state index is 0.0350. The van der Waals surface area contributed by atoms with Gasteiger partial charge in [0.05, 0.1) is 6.10 Å². The van der Waals surface area contributed by atoms with Crippen LogP contribution in [0.2, 0.25) is 0 Å². The van der Waals surface area contributed by atoms with Crippen LogP contribution in [0.3, 0.4) is 0 Å². The third-order valence-electron chi connectivity index (χ3n) is 6.59. The minimum Gasteiger partial charge on any atom is -0.389 e. The van der Waals surface area contributed by atoms with E-state index < -0.39 is 17.7 Å². The summed E-state index contributed by atoms with van der Waals surface area (Å²) in [7, 11) is 0. The first-order valence-corrected chi connectivity index (χ1v) is 10.3. The Balaban J connectivity index is 1.64. The number of aliphatic hydroxyl groups excluding tert-OH is 1. The van der Waals surface area contributed by atoms with E-state index in [1.807, 2.05) is 0 Å². The summed E-state index contributed by atoms with van der Waals surface area (Å²) >= 11 is 0. The van der Waals surface area contributed by atoms with Crippen LogP contribution in [0.1, 0.15) is 88.4 Å². The summed E-state index contributed by atoms with van der Waals surface area (Å²) < 4.78 is 28.6. The molecule has 0 saturated heterocycles. The van der Waals surface area contributed by atoms with E-state index in [1.165, 1.54) is 51.5 Å². The number of hydrogen-bond donors (Lipinski definition) is 1. The van der Waals surface area contributed by atoms with E-state index >= 15 is 0 Å². The highest BCUT2D eigenvalue weighted by atomic mass is 19.2. The fourth-order valence-electron chi connectivity index (χ4n) is 4.99. The van der Waals surface area contributed by atoms with Gasteiger partial charge in [0.25, 0.3) is 0 Å². The second-order valence-electron chi connectivity index (χ2n) is 8.35. The molecule has 0 heterocycles. The van der Waals surface area contributed by atoms with E-state index in [2.05, 4.69) is 19.1 Å². The lowest BCUT2D eigenvalue weighted by Gasteiger charge is -2.35. The van der Waals surface area contributed by atoms with Crippen molar-refractivity contribution in [2.75, 3.05) is 0 Å². The molecule has 0 spiro atoms. The Morgan fingerprint density at radius 3 is 2.31 bits per heavy atom. The standard InChI is InChI=1S/C23H32F2O/c1-3-4-16-5-7-17(8-6-16)18-9-11-19(12-10-18)21-14-13-20(15(2)26)22(24)23(21)25/h9,11,13-19,26H,3-8,10,12H2,1-2H3. The lowest BCUT2D eigenvalue weighted by Crippen LogP contribution is -2.23. The smallest absolute Gasteiger partial charge is 0.164 e. The normalized spacial score (nSPS) is 30.3. The van der Waals surface area contributed by atoms with Gasteiger partial charge in [0.1, 0.15) is 0 Å². The molecule has 2 aliphatic carbocycles. The number of allylic oxidation sites excluding steroid dienone is 2. The molecule has 3 atom stereocenters. The van der Waals surface area contributed by atoms with Gasteiger partial charge < -0.3 is 5.11 Å². The van der Waals surface area contributed by atoms with Crippen molar-refractivity contribution in [2.24, 2.45) is 17.8 Å². The predicted octanol–water partition coefficient (Wildman–Crippen LogP) is 6.67. The summed E-state index contributed by atoms with van der Waals surface area (Å²) in [5, 5.41) is 9.54. The SMILES string of the molecule is CCCC1CCC(C2C=CC(c3ccc(C(C)O)c(F)c3F)CC2)CC1. The largest absolute Gasteiger partial charge is 0.389 e. The van der Waals surface area contributed by atoms with Crippen LogP contribution in [-0.2, 0) is 0 Å². The van der Waals surface area contributed by atoms with Crippen molar-refractivity contribution < 1.29 is 13.9 Å². The molecule has 1 aromatic carbocycles. The van der Waals surface area contributed by atoms with Crippen molar-refractivity contribution in [3.05, 3.63) is 47.0 Å². The van der Waals surface area contributed by atoms with Gasteiger partial charge in [-0.25, -0.2) is 8.78 Å². The summed E-state index contributed by atoms with van der Waals surface area (Å²) in [4.78, 5) is 0. The number of hydrogen-bond acceptors (Lipinski definition) is 1. The highest BCUT2D eigenvalue weighted by Crippen LogP contribution is 2.42. The van der Waals surface area contributed by atoms with Crippen LogP contribution < -0.4 is 0 Å². The molecule has 1 saturated carbocycles. The molecule has 0 amide bonds. The number of rotatable bonds is 5. The van der Waals surface area contributed by atoms with Crippen LogP contribution in [-0.4, -0.2) is 5.11 Å². The molecule has 26 heavy (non-hydrogen) atoms. The first-order chi connectivity index (χ1) is 12.5. The first-order valence-electron chi connectivity index (χ1n) is 10.3. The average molecular weight is 363 g/mol. The van der Waals surface area contributed by atoms with Crippen LogP contribution in [0.4, 0.5) is 8.78 Å². The van der Waals surface area contributed by atoms with Crippen molar-refractivity contribution in [1.82, 2.24) is 0 Å². The number of benzene rings is 1. The Bertz CT molecular complexity index is 629. The zero-order valence-corrected chi connectivity index (χ0v) is 16.1. The van der Waals surface area contributed by atoms with E-state index in [-0.39, 0.29) is 11.5 Å². The topological polar surface area (TPSA) is 20.2 Å². The average Bonchev–Trinajstić information content (AvgIpc) is 2.65. The van der Waals surface area contributed by atoms with Crippen molar-refractivity contribution in [3.8, 4) is 0 Å². The predicted molar refractivity (Wildman–Crippen MR) is 102 cm³/mol. The molecular formula is C23H32F2O. The van der Waals surface area contributed by atoms with Gasteiger partial charge in [0, 0.05) is 11.5 Å². The molecule has 0 bridgehead atoms. The molecule has 0 radical (unpaired) electrons. The van der Waals surface area contributed by atoms with E-state index in [4.69, 9.17) is 0 Å². The monoisotopic (exact) mass is 362 g/mol. The molecule has 3 unspecified atom stereocenters. The summed E-state index contributed by atoms with van der Waals surface area (Å²) in [5.74, 6) is 0.526. The second kappa shape index (κ2) is 8.65. The maximum atomic E-state index is 14.5. The number of aliphatic hydroxyl groups is 1. The zero-order valence-electron chi connectivity index (χ0n) is 16.1.